The zero-order valence-corrected chi connectivity index (χ0v) is 12.5. The van der Waals surface area contributed by atoms with Gasteiger partial charge in [-0.05, 0) is 48.2 Å². The average Bonchev–Trinajstić information content (AvgIpc) is 2.55. The third-order valence-electron chi connectivity index (χ3n) is 4.06. The van der Waals surface area contributed by atoms with Crippen molar-refractivity contribution in [3.63, 3.8) is 0 Å². The highest BCUT2D eigenvalue weighted by atomic mass is 19.1. The number of carbonyl (C=O) groups excluding carboxylic acids is 1. The summed E-state index contributed by atoms with van der Waals surface area (Å²) in [7, 11) is 0. The lowest BCUT2D eigenvalue weighted by Gasteiger charge is -2.37. The third-order valence-corrected chi connectivity index (χ3v) is 4.06. The van der Waals surface area contributed by atoms with Crippen LogP contribution in [-0.4, -0.2) is 17.4 Å². The van der Waals surface area contributed by atoms with Gasteiger partial charge in [0.05, 0.1) is 6.04 Å². The molecule has 3 heteroatoms. The number of rotatable bonds is 2. The first-order chi connectivity index (χ1) is 10.7. The number of hydrogen-bond donors (Lipinski definition) is 0. The van der Waals surface area contributed by atoms with Crippen LogP contribution >= 0.6 is 0 Å². The Morgan fingerprint density at radius 3 is 2.64 bits per heavy atom. The summed E-state index contributed by atoms with van der Waals surface area (Å²) in [5.41, 5.74) is 3.31. The Kier molecular flexibility index (Phi) is 4.05. The second-order valence-electron chi connectivity index (χ2n) is 5.43. The predicted octanol–water partition coefficient (Wildman–Crippen LogP) is 3.88. The highest BCUT2D eigenvalue weighted by Crippen LogP contribution is 2.35. The highest BCUT2D eigenvalue weighted by Gasteiger charge is 2.30. The molecule has 0 aliphatic carbocycles. The summed E-state index contributed by atoms with van der Waals surface area (Å²) in [5.74, 6) is -0.273. The maximum absolute atomic E-state index is 13.2. The fourth-order valence-electron chi connectivity index (χ4n) is 3.05. The first-order valence-electron chi connectivity index (χ1n) is 7.47. The fourth-order valence-corrected chi connectivity index (χ4v) is 3.05. The Balaban J connectivity index is 2.09. The van der Waals surface area contributed by atoms with Crippen LogP contribution in [0.1, 0.15) is 29.7 Å². The van der Waals surface area contributed by atoms with Gasteiger partial charge in [0.2, 0.25) is 5.91 Å². The molecule has 1 aliphatic heterocycles. The Hall–Kier alpha value is -2.42. The predicted molar refractivity (Wildman–Crippen MR) is 84.9 cm³/mol. The number of allylic oxidation sites excluding steroid dienone is 1. The molecule has 2 aromatic carbocycles. The number of carbonyl (C=O) groups is 1. The Morgan fingerprint density at radius 2 is 1.91 bits per heavy atom. The Bertz CT molecular complexity index is 706. The van der Waals surface area contributed by atoms with Gasteiger partial charge in [-0.15, -0.1) is 0 Å². The molecule has 0 N–H and O–H groups in total. The molecule has 0 fully saturated rings. The minimum atomic E-state index is -0.265. The van der Waals surface area contributed by atoms with E-state index in [-0.39, 0.29) is 17.8 Å². The first-order valence-corrected chi connectivity index (χ1v) is 7.47. The summed E-state index contributed by atoms with van der Waals surface area (Å²) in [5, 5.41) is 0. The molecule has 22 heavy (non-hydrogen) atoms. The van der Waals surface area contributed by atoms with Crippen LogP contribution in [0.3, 0.4) is 0 Å². The maximum atomic E-state index is 13.2. The van der Waals surface area contributed by atoms with Crippen molar-refractivity contribution in [1.82, 2.24) is 4.90 Å². The monoisotopic (exact) mass is 295 g/mol. The van der Waals surface area contributed by atoms with Crippen molar-refractivity contribution in [3.8, 4) is 0 Å². The van der Waals surface area contributed by atoms with Crippen LogP contribution in [0.2, 0.25) is 0 Å². The van der Waals surface area contributed by atoms with Gasteiger partial charge in [0.25, 0.3) is 0 Å². The van der Waals surface area contributed by atoms with E-state index >= 15 is 0 Å². The lowest BCUT2D eigenvalue weighted by molar-refractivity contribution is -0.128. The molecule has 1 atom stereocenters. The van der Waals surface area contributed by atoms with Crippen LogP contribution < -0.4 is 0 Å². The van der Waals surface area contributed by atoms with Gasteiger partial charge in [-0.3, -0.25) is 4.79 Å². The van der Waals surface area contributed by atoms with E-state index in [1.807, 2.05) is 24.0 Å². The molecule has 1 aliphatic rings. The van der Waals surface area contributed by atoms with Crippen LogP contribution in [0.15, 0.2) is 60.7 Å². The van der Waals surface area contributed by atoms with E-state index in [9.17, 15) is 9.18 Å². The Morgan fingerprint density at radius 1 is 1.18 bits per heavy atom. The second kappa shape index (κ2) is 6.14. The van der Waals surface area contributed by atoms with E-state index in [0.29, 0.717) is 6.54 Å². The topological polar surface area (TPSA) is 20.3 Å². The van der Waals surface area contributed by atoms with E-state index in [0.717, 1.165) is 17.5 Å². The van der Waals surface area contributed by atoms with E-state index in [2.05, 4.69) is 12.1 Å². The molecule has 0 aromatic heterocycles. The molecule has 0 bridgehead atoms. The lowest BCUT2D eigenvalue weighted by Crippen LogP contribution is -2.39. The number of halogens is 1. The molecule has 2 aromatic rings. The van der Waals surface area contributed by atoms with Gasteiger partial charge in [0.1, 0.15) is 5.82 Å². The molecular formula is C19H18FNO. The molecule has 1 amide bonds. The van der Waals surface area contributed by atoms with E-state index in [1.165, 1.54) is 17.7 Å². The molecule has 112 valence electrons. The molecule has 1 heterocycles. The third kappa shape index (κ3) is 2.67. The van der Waals surface area contributed by atoms with Gasteiger partial charge in [0, 0.05) is 6.54 Å². The fraction of sp³-hybridized carbons (Fsp3) is 0.211. The molecule has 0 spiro atoms. The van der Waals surface area contributed by atoms with Crippen molar-refractivity contribution >= 4 is 5.91 Å². The summed E-state index contributed by atoms with van der Waals surface area (Å²) < 4.78 is 13.2. The van der Waals surface area contributed by atoms with Crippen LogP contribution in [-0.2, 0) is 11.2 Å². The quantitative estimate of drug-likeness (QED) is 0.770. The molecule has 0 radical (unpaired) electrons. The van der Waals surface area contributed by atoms with Crippen molar-refractivity contribution in [2.24, 2.45) is 0 Å². The minimum absolute atomic E-state index is 0.00803. The summed E-state index contributed by atoms with van der Waals surface area (Å²) in [6.07, 6.45) is 4.19. The molecule has 2 nitrogen and oxygen atoms in total. The number of nitrogens with zero attached hydrogens (tertiary/aromatic N) is 1. The van der Waals surface area contributed by atoms with Crippen LogP contribution in [0.4, 0.5) is 4.39 Å². The van der Waals surface area contributed by atoms with Crippen molar-refractivity contribution in [1.29, 1.82) is 0 Å². The molecule has 0 saturated heterocycles. The van der Waals surface area contributed by atoms with Gasteiger partial charge in [-0.1, -0.05) is 42.5 Å². The molecule has 0 saturated carbocycles. The smallest absolute Gasteiger partial charge is 0.247 e. The van der Waals surface area contributed by atoms with E-state index < -0.39 is 0 Å². The van der Waals surface area contributed by atoms with Crippen molar-refractivity contribution in [3.05, 3.63) is 83.2 Å². The normalized spacial score (nSPS) is 17.5. The highest BCUT2D eigenvalue weighted by molar-refractivity contribution is 5.88. The second-order valence-corrected chi connectivity index (χ2v) is 5.43. The Labute approximate surface area is 129 Å². The maximum Gasteiger partial charge on any atom is 0.247 e. The van der Waals surface area contributed by atoms with Gasteiger partial charge in [0.15, 0.2) is 0 Å². The average molecular weight is 295 g/mol. The van der Waals surface area contributed by atoms with Crippen LogP contribution in [0.25, 0.3) is 0 Å². The van der Waals surface area contributed by atoms with Gasteiger partial charge >= 0.3 is 0 Å². The van der Waals surface area contributed by atoms with Crippen LogP contribution in [0, 0.1) is 5.82 Å². The summed E-state index contributed by atoms with van der Waals surface area (Å²) >= 11 is 0. The van der Waals surface area contributed by atoms with Crippen molar-refractivity contribution in [2.45, 2.75) is 19.4 Å². The SMILES string of the molecule is C/C=C/C(=O)N1CCc2ccccc2C1c1ccc(F)cc1. The summed E-state index contributed by atoms with van der Waals surface area (Å²) in [4.78, 5) is 14.3. The number of benzene rings is 2. The zero-order valence-electron chi connectivity index (χ0n) is 12.5. The lowest BCUT2D eigenvalue weighted by atomic mass is 9.88. The molecular weight excluding hydrogens is 277 g/mol. The number of hydrogen-bond acceptors (Lipinski definition) is 1. The van der Waals surface area contributed by atoms with E-state index in [1.54, 1.807) is 24.3 Å². The van der Waals surface area contributed by atoms with Crippen LogP contribution in [0.5, 0.6) is 0 Å². The van der Waals surface area contributed by atoms with Crippen molar-refractivity contribution in [2.75, 3.05) is 6.54 Å². The largest absolute Gasteiger partial charge is 0.328 e. The summed E-state index contributed by atoms with van der Waals surface area (Å²) in [6, 6.07) is 14.4. The summed E-state index contributed by atoms with van der Waals surface area (Å²) in [6.45, 7) is 2.50. The van der Waals surface area contributed by atoms with Crippen molar-refractivity contribution < 1.29 is 9.18 Å². The van der Waals surface area contributed by atoms with Gasteiger partial charge in [-0.25, -0.2) is 4.39 Å². The molecule has 3 rings (SSSR count). The first kappa shape index (κ1) is 14.5. The zero-order chi connectivity index (χ0) is 15.5. The minimum Gasteiger partial charge on any atom is -0.328 e. The molecule has 1 unspecified atom stereocenters. The standard InChI is InChI=1S/C19H18FNO/c1-2-5-18(22)21-13-12-14-6-3-4-7-17(14)19(21)15-8-10-16(20)11-9-15/h2-11,19H,12-13H2,1H3/b5-2+. The number of amides is 1. The van der Waals surface area contributed by atoms with E-state index in [4.69, 9.17) is 0 Å². The van der Waals surface area contributed by atoms with Gasteiger partial charge in [-0.2, -0.15) is 0 Å². The number of fused-ring (bicyclic) bond motifs is 1. The van der Waals surface area contributed by atoms with Gasteiger partial charge < -0.3 is 4.90 Å².